The van der Waals surface area contributed by atoms with E-state index in [9.17, 15) is 0 Å². The average molecular weight is 1230 g/mol. The van der Waals surface area contributed by atoms with Gasteiger partial charge in [0.15, 0.2) is 46.6 Å². The molecule has 14 heteroatoms. The van der Waals surface area contributed by atoms with E-state index in [0.717, 1.165) is 33.4 Å². The maximum atomic E-state index is 16.4. The van der Waals surface area contributed by atoms with Crippen LogP contribution in [0.25, 0.3) is 164 Å². The molecule has 0 aliphatic carbocycles. The van der Waals surface area contributed by atoms with Crippen molar-refractivity contribution in [2.75, 3.05) is 0 Å². The summed E-state index contributed by atoms with van der Waals surface area (Å²) in [5, 5.41) is 1.41. The molecule has 5 heterocycles. The molecule has 0 N–H and O–H groups in total. The van der Waals surface area contributed by atoms with Crippen LogP contribution in [-0.4, -0.2) is 54.4 Å². The van der Waals surface area contributed by atoms with E-state index in [2.05, 4.69) is 0 Å². The molecule has 0 fully saturated rings. The summed E-state index contributed by atoms with van der Waals surface area (Å²) < 4.78 is 51.2. The third-order valence-corrected chi connectivity index (χ3v) is 16.5. The molecular weight excluding hydrogens is 1180 g/mol. The molecule has 16 rings (SSSR count). The Kier molecular flexibility index (Phi) is 14.7. The Morgan fingerprint density at radius 2 is 0.463 bits per heavy atom. The lowest BCUT2D eigenvalue weighted by molar-refractivity contribution is -0.137. The Hall–Kier alpha value is -12.8. The van der Waals surface area contributed by atoms with Crippen LogP contribution in [0.4, 0.5) is 13.2 Å². The molecule has 0 aliphatic rings. The summed E-state index contributed by atoms with van der Waals surface area (Å²) in [5.41, 5.74) is 9.72. The van der Waals surface area contributed by atoms with Crippen LogP contribution in [-0.2, 0) is 6.18 Å². The second-order valence-corrected chi connectivity index (χ2v) is 22.7. The van der Waals surface area contributed by atoms with Gasteiger partial charge in [-0.2, -0.15) is 13.2 Å². The van der Waals surface area contributed by atoms with Gasteiger partial charge in [-0.05, 0) is 60.7 Å². The first-order valence-electron chi connectivity index (χ1n) is 30.8. The van der Waals surface area contributed by atoms with Gasteiger partial charge in [-0.3, -0.25) is 0 Å². The van der Waals surface area contributed by atoms with Crippen LogP contribution in [0.15, 0.2) is 303 Å². The lowest BCUT2D eigenvalue weighted by atomic mass is 9.95. The van der Waals surface area contributed by atoms with Crippen molar-refractivity contribution in [3.8, 4) is 142 Å². The van der Waals surface area contributed by atoms with E-state index in [4.69, 9.17) is 49.8 Å². The molecule has 95 heavy (non-hydrogen) atoms. The number of rotatable bonds is 13. The fraction of sp³-hybridized carbons (Fsp3) is 0.0123. The van der Waals surface area contributed by atoms with Crippen molar-refractivity contribution in [3.63, 3.8) is 0 Å². The van der Waals surface area contributed by atoms with Gasteiger partial charge >= 0.3 is 6.18 Å². The minimum atomic E-state index is -4.87. The van der Waals surface area contributed by atoms with Crippen molar-refractivity contribution in [1.82, 2.24) is 54.4 Å². The number of benzene rings is 11. The third kappa shape index (κ3) is 11.4. The molecule has 16 aromatic rings. The Morgan fingerprint density at radius 1 is 0.221 bits per heavy atom. The molecule has 0 amide bonds. The van der Waals surface area contributed by atoms with Crippen LogP contribution >= 0.6 is 0 Å². The number of hydrogen-bond donors (Lipinski definition) is 0. The van der Waals surface area contributed by atoms with Gasteiger partial charge in [0.05, 0.1) is 45.1 Å². The predicted octanol–water partition coefficient (Wildman–Crippen LogP) is 19.8. The molecule has 0 saturated carbocycles. The summed E-state index contributed by atoms with van der Waals surface area (Å²) in [6.45, 7) is 0. The van der Waals surface area contributed by atoms with Crippen molar-refractivity contribution in [2.45, 2.75) is 6.18 Å². The van der Waals surface area contributed by atoms with E-state index in [0.29, 0.717) is 108 Å². The molecule has 11 nitrogen and oxygen atoms in total. The Balaban J connectivity index is 1.04. The van der Waals surface area contributed by atoms with E-state index in [-0.39, 0.29) is 22.5 Å². The predicted molar refractivity (Wildman–Crippen MR) is 369 cm³/mol. The van der Waals surface area contributed by atoms with Gasteiger partial charge in [-0.1, -0.05) is 243 Å². The first-order valence-corrected chi connectivity index (χ1v) is 30.8. The van der Waals surface area contributed by atoms with Gasteiger partial charge in [0, 0.05) is 77.5 Å². The number of hydrogen-bond acceptors (Lipinski definition) is 10. The summed E-state index contributed by atoms with van der Waals surface area (Å²) in [6, 6.07) is 94.9. The zero-order chi connectivity index (χ0) is 63.8. The maximum absolute atomic E-state index is 16.4. The summed E-state index contributed by atoms with van der Waals surface area (Å²) in [6.07, 6.45) is -4.87. The fourth-order valence-corrected chi connectivity index (χ4v) is 12.0. The molecule has 0 radical (unpaired) electrons. The Labute approximate surface area is 543 Å². The fourth-order valence-electron chi connectivity index (χ4n) is 12.0. The van der Waals surface area contributed by atoms with Gasteiger partial charge in [0.2, 0.25) is 0 Å². The normalized spacial score (nSPS) is 11.5. The van der Waals surface area contributed by atoms with Crippen LogP contribution in [0.3, 0.4) is 0 Å². The number of alkyl halides is 3. The maximum Gasteiger partial charge on any atom is 0.416 e. The smallest absolute Gasteiger partial charge is 0.308 e. The Morgan fingerprint density at radius 3 is 0.737 bits per heavy atom. The van der Waals surface area contributed by atoms with Crippen molar-refractivity contribution >= 4 is 21.8 Å². The monoisotopic (exact) mass is 1230 g/mol. The van der Waals surface area contributed by atoms with Gasteiger partial charge in [0.1, 0.15) is 0 Å². The quantitative estimate of drug-likeness (QED) is 0.110. The second kappa shape index (κ2) is 24.4. The summed E-state index contributed by atoms with van der Waals surface area (Å²) in [7, 11) is 0. The van der Waals surface area contributed by atoms with E-state index in [1.54, 1.807) is 12.1 Å². The Bertz CT molecular complexity index is 4930. The van der Waals surface area contributed by atoms with Gasteiger partial charge in [-0.25, -0.2) is 49.8 Å². The second-order valence-electron chi connectivity index (χ2n) is 22.7. The van der Waals surface area contributed by atoms with Crippen molar-refractivity contribution < 1.29 is 13.2 Å². The molecule has 5 aromatic heterocycles. The molecule has 0 spiro atoms. The van der Waals surface area contributed by atoms with Gasteiger partial charge in [0.25, 0.3) is 0 Å². The van der Waals surface area contributed by atoms with E-state index in [1.807, 2.05) is 284 Å². The first-order chi connectivity index (χ1) is 46.7. The molecule has 0 saturated heterocycles. The summed E-state index contributed by atoms with van der Waals surface area (Å²) in [4.78, 5) is 51.6. The van der Waals surface area contributed by atoms with Crippen molar-refractivity contribution in [1.29, 1.82) is 0 Å². The van der Waals surface area contributed by atoms with Crippen molar-refractivity contribution in [3.05, 3.63) is 309 Å². The standard InChI is InChI=1S/C81H50F3N11/c82-81(83,84)61-47-64(68-49-66(51-25-9-1-10-26-51)85-73(87-68)53-29-13-3-14-30-53)72(65(48-61)69-50-67(52-27-11-2-12-28-52)86-74(88-69)54-31-15-4-16-32-54)95-70-43-41-59(79-91-75(55-33-17-5-18-34-55)89-76(92-79)56-35-19-6-20-36-56)45-62(70)63-46-60(42-44-71(63)95)80-93-77(57-37-21-7-22-38-57)90-78(94-80)58-39-23-8-24-40-58/h1-50H. The SMILES string of the molecule is FC(F)(F)c1cc(-c2cc(-c3ccccc3)nc(-c3ccccc3)n2)c(-n2c3ccc(-c4nc(-c5ccccc5)nc(-c5ccccc5)n4)cc3c3cc(-c4nc(-c5ccccc5)nc(-c5ccccc5)n4)ccc32)c(-c2cc(-c3ccccc3)nc(-c3ccccc3)n2)c1. The van der Waals surface area contributed by atoms with Crippen LogP contribution < -0.4 is 0 Å². The third-order valence-electron chi connectivity index (χ3n) is 16.5. The van der Waals surface area contributed by atoms with Crippen LogP contribution in [0.2, 0.25) is 0 Å². The van der Waals surface area contributed by atoms with E-state index in [1.165, 1.54) is 12.1 Å². The minimum Gasteiger partial charge on any atom is -0.308 e. The average Bonchev–Trinajstić information content (AvgIpc) is 1.60. The highest BCUT2D eigenvalue weighted by Gasteiger charge is 2.35. The molecule has 0 aliphatic heterocycles. The van der Waals surface area contributed by atoms with E-state index < -0.39 is 11.7 Å². The zero-order valence-corrected chi connectivity index (χ0v) is 50.4. The van der Waals surface area contributed by atoms with Gasteiger partial charge in [-0.15, -0.1) is 0 Å². The highest BCUT2D eigenvalue weighted by atomic mass is 19.4. The molecule has 450 valence electrons. The lowest BCUT2D eigenvalue weighted by Crippen LogP contribution is -2.10. The zero-order valence-electron chi connectivity index (χ0n) is 50.4. The molecular formula is C81H50F3N11. The van der Waals surface area contributed by atoms with E-state index >= 15 is 13.2 Å². The van der Waals surface area contributed by atoms with Crippen LogP contribution in [0.1, 0.15) is 5.56 Å². The number of nitrogens with zero attached hydrogens (tertiary/aromatic N) is 11. The van der Waals surface area contributed by atoms with Gasteiger partial charge < -0.3 is 4.57 Å². The van der Waals surface area contributed by atoms with Crippen LogP contribution in [0, 0.1) is 0 Å². The summed E-state index contributed by atoms with van der Waals surface area (Å²) >= 11 is 0. The van der Waals surface area contributed by atoms with Crippen molar-refractivity contribution in [2.24, 2.45) is 0 Å². The topological polar surface area (TPSA) is 134 Å². The number of fused-ring (bicyclic) bond motifs is 3. The number of halogens is 3. The first kappa shape index (κ1) is 57.4. The minimum absolute atomic E-state index is 0.148. The lowest BCUT2D eigenvalue weighted by Gasteiger charge is -2.22. The molecule has 0 bridgehead atoms. The molecule has 11 aromatic carbocycles. The summed E-state index contributed by atoms with van der Waals surface area (Å²) in [5.74, 6) is 3.31. The largest absolute Gasteiger partial charge is 0.416 e. The molecule has 0 atom stereocenters. The number of aromatic nitrogens is 11. The highest BCUT2D eigenvalue weighted by Crippen LogP contribution is 2.47. The van der Waals surface area contributed by atoms with Crippen LogP contribution in [0.5, 0.6) is 0 Å². The highest BCUT2D eigenvalue weighted by molar-refractivity contribution is 6.13. The molecule has 0 unspecified atom stereocenters.